The largest absolute Gasteiger partial charge is 0.408 e. The van der Waals surface area contributed by atoms with Gasteiger partial charge in [-0.05, 0) is 26.7 Å². The molecule has 1 fully saturated rings. The second-order valence-corrected chi connectivity index (χ2v) is 5.44. The Balaban J connectivity index is 2.78. The van der Waals surface area contributed by atoms with E-state index in [0.717, 1.165) is 4.90 Å². The quantitative estimate of drug-likeness (QED) is 0.855. The molecule has 2 amide bonds. The molecule has 0 aromatic carbocycles. The molecule has 1 saturated heterocycles. The summed E-state index contributed by atoms with van der Waals surface area (Å²) in [6.45, 7) is 4.15. The predicted molar refractivity (Wildman–Crippen MR) is 69.5 cm³/mol. The van der Waals surface area contributed by atoms with Gasteiger partial charge in [0, 0.05) is 19.5 Å². The third kappa shape index (κ3) is 5.53. The van der Waals surface area contributed by atoms with Crippen molar-refractivity contribution in [3.63, 3.8) is 0 Å². The Hall–Kier alpha value is -1.31. The van der Waals surface area contributed by atoms with Gasteiger partial charge in [0.2, 0.25) is 11.8 Å². The molecular formula is C13H21F3N2O3. The first kappa shape index (κ1) is 17.7. The molecule has 1 N–H and O–H groups in total. The van der Waals surface area contributed by atoms with Crippen molar-refractivity contribution in [1.29, 1.82) is 0 Å². The van der Waals surface area contributed by atoms with Gasteiger partial charge in [-0.2, -0.15) is 13.2 Å². The van der Waals surface area contributed by atoms with E-state index in [4.69, 9.17) is 4.74 Å². The summed E-state index contributed by atoms with van der Waals surface area (Å²) in [5, 5.41) is 2.56. The Morgan fingerprint density at radius 3 is 2.43 bits per heavy atom. The lowest BCUT2D eigenvalue weighted by atomic mass is 9.97. The van der Waals surface area contributed by atoms with E-state index in [1.54, 1.807) is 13.8 Å². The number of halogens is 3. The zero-order valence-electron chi connectivity index (χ0n) is 12.4. The molecule has 1 aliphatic heterocycles. The molecule has 0 radical (unpaired) electrons. The fourth-order valence-corrected chi connectivity index (χ4v) is 2.31. The number of amides is 2. The first-order chi connectivity index (χ1) is 9.61. The van der Waals surface area contributed by atoms with E-state index in [0.29, 0.717) is 0 Å². The van der Waals surface area contributed by atoms with Crippen molar-refractivity contribution in [1.82, 2.24) is 10.2 Å². The summed E-state index contributed by atoms with van der Waals surface area (Å²) in [6.07, 6.45) is -4.75. The highest BCUT2D eigenvalue weighted by Gasteiger charge is 2.48. The van der Waals surface area contributed by atoms with E-state index in [-0.39, 0.29) is 31.4 Å². The van der Waals surface area contributed by atoms with Gasteiger partial charge in [-0.3, -0.25) is 9.59 Å². The first-order valence-electron chi connectivity index (χ1n) is 6.86. The van der Waals surface area contributed by atoms with Crippen LogP contribution in [0.1, 0.15) is 33.6 Å². The molecule has 8 heteroatoms. The summed E-state index contributed by atoms with van der Waals surface area (Å²) in [7, 11) is 0. The minimum Gasteiger partial charge on any atom is -0.369 e. The SMILES string of the molecule is CC(=O)N[C@H]1CC[C@@H](C(F)(F)F)N(C(=O)COC(C)C)C1. The molecule has 0 bridgehead atoms. The van der Waals surface area contributed by atoms with Gasteiger partial charge >= 0.3 is 6.18 Å². The minimum atomic E-state index is -4.48. The number of rotatable bonds is 4. The second-order valence-electron chi connectivity index (χ2n) is 5.44. The van der Waals surface area contributed by atoms with E-state index < -0.39 is 30.8 Å². The molecule has 0 aliphatic carbocycles. The Kier molecular flexibility index (Phi) is 6.00. The highest BCUT2D eigenvalue weighted by Crippen LogP contribution is 2.32. The van der Waals surface area contributed by atoms with E-state index in [1.807, 2.05) is 0 Å². The Morgan fingerprint density at radius 1 is 1.33 bits per heavy atom. The molecule has 122 valence electrons. The zero-order valence-corrected chi connectivity index (χ0v) is 12.4. The maximum Gasteiger partial charge on any atom is 0.408 e. The number of hydrogen-bond acceptors (Lipinski definition) is 3. The molecule has 1 aliphatic rings. The number of ether oxygens (including phenoxy) is 1. The van der Waals surface area contributed by atoms with Crippen LogP contribution in [0.4, 0.5) is 13.2 Å². The van der Waals surface area contributed by atoms with Crippen molar-refractivity contribution in [2.75, 3.05) is 13.2 Å². The number of nitrogens with one attached hydrogen (secondary N) is 1. The Bertz CT molecular complexity index is 385. The van der Waals surface area contributed by atoms with Crippen LogP contribution in [-0.2, 0) is 14.3 Å². The lowest BCUT2D eigenvalue weighted by molar-refractivity contribution is -0.199. The van der Waals surface area contributed by atoms with Crippen molar-refractivity contribution < 1.29 is 27.5 Å². The van der Waals surface area contributed by atoms with Gasteiger partial charge < -0.3 is 15.0 Å². The van der Waals surface area contributed by atoms with Crippen LogP contribution in [0.25, 0.3) is 0 Å². The van der Waals surface area contributed by atoms with Crippen LogP contribution in [0.15, 0.2) is 0 Å². The van der Waals surface area contributed by atoms with Gasteiger partial charge in [0.05, 0.1) is 6.10 Å². The monoisotopic (exact) mass is 310 g/mol. The maximum atomic E-state index is 13.0. The van der Waals surface area contributed by atoms with Gasteiger partial charge in [-0.25, -0.2) is 0 Å². The standard InChI is InChI=1S/C13H21F3N2O3/c1-8(2)21-7-12(20)18-6-10(17-9(3)19)4-5-11(18)13(14,15)16/h8,10-11H,4-7H2,1-3H3,(H,17,19)/t10-,11-/m0/s1. The van der Waals surface area contributed by atoms with Gasteiger partial charge in [0.25, 0.3) is 0 Å². The lowest BCUT2D eigenvalue weighted by Crippen LogP contribution is -2.58. The summed E-state index contributed by atoms with van der Waals surface area (Å²) in [5.41, 5.74) is 0. The predicted octanol–water partition coefficient (Wildman–Crippen LogP) is 1.47. The lowest BCUT2D eigenvalue weighted by Gasteiger charge is -2.40. The van der Waals surface area contributed by atoms with Crippen LogP contribution in [0, 0.1) is 0 Å². The molecule has 0 aromatic rings. The average molecular weight is 310 g/mol. The van der Waals surface area contributed by atoms with Crippen LogP contribution in [0.2, 0.25) is 0 Å². The zero-order chi connectivity index (χ0) is 16.2. The van der Waals surface area contributed by atoms with Crippen molar-refractivity contribution in [2.24, 2.45) is 0 Å². The van der Waals surface area contributed by atoms with E-state index in [2.05, 4.69) is 5.32 Å². The highest BCUT2D eigenvalue weighted by molar-refractivity contribution is 5.78. The van der Waals surface area contributed by atoms with Crippen molar-refractivity contribution >= 4 is 11.8 Å². The van der Waals surface area contributed by atoms with Gasteiger partial charge in [0.15, 0.2) is 0 Å². The van der Waals surface area contributed by atoms with Gasteiger partial charge in [-0.15, -0.1) is 0 Å². The number of likely N-dealkylation sites (tertiary alicyclic amines) is 1. The molecular weight excluding hydrogens is 289 g/mol. The summed E-state index contributed by atoms with van der Waals surface area (Å²) in [6, 6.07) is -2.27. The topological polar surface area (TPSA) is 58.6 Å². The Labute approximate surface area is 121 Å². The van der Waals surface area contributed by atoms with Crippen molar-refractivity contribution in [2.45, 2.75) is 58.0 Å². The fourth-order valence-electron chi connectivity index (χ4n) is 2.31. The molecule has 21 heavy (non-hydrogen) atoms. The molecule has 1 rings (SSSR count). The minimum absolute atomic E-state index is 0.149. The van der Waals surface area contributed by atoms with Gasteiger partial charge in [0.1, 0.15) is 12.6 Å². The van der Waals surface area contributed by atoms with E-state index >= 15 is 0 Å². The fraction of sp³-hybridized carbons (Fsp3) is 0.846. The second kappa shape index (κ2) is 7.11. The Morgan fingerprint density at radius 2 is 1.95 bits per heavy atom. The molecule has 0 spiro atoms. The van der Waals surface area contributed by atoms with Crippen LogP contribution < -0.4 is 5.32 Å². The van der Waals surface area contributed by atoms with Crippen molar-refractivity contribution in [3.05, 3.63) is 0 Å². The van der Waals surface area contributed by atoms with Crippen molar-refractivity contribution in [3.8, 4) is 0 Å². The molecule has 1 heterocycles. The number of alkyl halides is 3. The number of carbonyl (C=O) groups is 2. The van der Waals surface area contributed by atoms with Crippen LogP contribution in [0.5, 0.6) is 0 Å². The van der Waals surface area contributed by atoms with Crippen LogP contribution in [0.3, 0.4) is 0 Å². The third-order valence-electron chi connectivity index (χ3n) is 3.23. The molecule has 0 saturated carbocycles. The maximum absolute atomic E-state index is 13.0. The molecule has 5 nitrogen and oxygen atoms in total. The smallest absolute Gasteiger partial charge is 0.369 e. The highest BCUT2D eigenvalue weighted by atomic mass is 19.4. The summed E-state index contributed by atoms with van der Waals surface area (Å²) < 4.78 is 44.1. The average Bonchev–Trinajstić information content (AvgIpc) is 2.33. The summed E-state index contributed by atoms with van der Waals surface area (Å²) in [5.74, 6) is -1.03. The molecule has 0 unspecified atom stereocenters. The van der Waals surface area contributed by atoms with Crippen LogP contribution >= 0.6 is 0 Å². The van der Waals surface area contributed by atoms with E-state index in [1.165, 1.54) is 6.92 Å². The normalized spacial score (nSPS) is 23.3. The number of piperidine rings is 1. The number of nitrogens with zero attached hydrogens (tertiary/aromatic N) is 1. The molecule has 0 aromatic heterocycles. The number of carbonyl (C=O) groups excluding carboxylic acids is 2. The summed E-state index contributed by atoms with van der Waals surface area (Å²) in [4.78, 5) is 23.8. The summed E-state index contributed by atoms with van der Waals surface area (Å²) >= 11 is 0. The van der Waals surface area contributed by atoms with E-state index in [9.17, 15) is 22.8 Å². The third-order valence-corrected chi connectivity index (χ3v) is 3.23. The first-order valence-corrected chi connectivity index (χ1v) is 6.86. The molecule has 2 atom stereocenters. The van der Waals surface area contributed by atoms with Gasteiger partial charge in [-0.1, -0.05) is 0 Å². The number of hydrogen-bond donors (Lipinski definition) is 1. The van der Waals surface area contributed by atoms with Crippen LogP contribution in [-0.4, -0.2) is 54.2 Å².